The van der Waals surface area contributed by atoms with Crippen molar-refractivity contribution in [2.24, 2.45) is 0 Å². The highest BCUT2D eigenvalue weighted by molar-refractivity contribution is 5.07. The molecule has 1 heteroatoms. The van der Waals surface area contributed by atoms with E-state index in [0.717, 1.165) is 0 Å². The van der Waals surface area contributed by atoms with Gasteiger partial charge >= 0.3 is 0 Å². The van der Waals surface area contributed by atoms with E-state index in [1.807, 2.05) is 12.2 Å². The zero-order valence-corrected chi connectivity index (χ0v) is 5.42. The standard InChI is InChI=1S/C8H11O/c1-3-5-6-7-8-9-4-2/h3,5-8H,1-2,4H2. The monoisotopic (exact) mass is 123 g/mol. The molecule has 1 radical (unpaired) electrons. The molecule has 0 saturated carbocycles. The Morgan fingerprint density at radius 1 is 1.22 bits per heavy atom. The zero-order valence-electron chi connectivity index (χ0n) is 5.42. The average molecular weight is 123 g/mol. The Bertz CT molecular complexity index is 112. The molecule has 0 rings (SSSR count). The lowest BCUT2D eigenvalue weighted by atomic mass is 10.5. The minimum Gasteiger partial charge on any atom is -0.501 e. The lowest BCUT2D eigenvalue weighted by molar-refractivity contribution is 0.288. The van der Waals surface area contributed by atoms with E-state index in [-0.39, 0.29) is 0 Å². The summed E-state index contributed by atoms with van der Waals surface area (Å²) in [6, 6.07) is 0. The minimum absolute atomic E-state index is 0.471. The minimum atomic E-state index is 0.471. The number of rotatable bonds is 4. The first-order valence-corrected chi connectivity index (χ1v) is 2.77. The van der Waals surface area contributed by atoms with Gasteiger partial charge < -0.3 is 4.74 Å². The Kier molecular flexibility index (Phi) is 6.26. The van der Waals surface area contributed by atoms with E-state index in [1.165, 1.54) is 0 Å². The molecule has 0 heterocycles. The van der Waals surface area contributed by atoms with Crippen molar-refractivity contribution < 1.29 is 4.74 Å². The maximum absolute atomic E-state index is 4.80. The molecule has 0 saturated heterocycles. The van der Waals surface area contributed by atoms with Gasteiger partial charge in [-0.1, -0.05) is 24.8 Å². The Labute approximate surface area is 56.3 Å². The summed E-state index contributed by atoms with van der Waals surface area (Å²) in [5, 5.41) is 0. The van der Waals surface area contributed by atoms with Gasteiger partial charge in [0.2, 0.25) is 0 Å². The van der Waals surface area contributed by atoms with Crippen LogP contribution in [-0.2, 0) is 4.74 Å². The molecule has 0 aromatic carbocycles. The highest BCUT2D eigenvalue weighted by atomic mass is 16.5. The van der Waals surface area contributed by atoms with Gasteiger partial charge in [0.15, 0.2) is 0 Å². The van der Waals surface area contributed by atoms with Crippen molar-refractivity contribution in [3.8, 4) is 0 Å². The molecule has 0 fully saturated rings. The molecule has 0 atom stereocenters. The van der Waals surface area contributed by atoms with Crippen LogP contribution < -0.4 is 0 Å². The lowest BCUT2D eigenvalue weighted by Gasteiger charge is -1.87. The zero-order chi connectivity index (χ0) is 6.95. The van der Waals surface area contributed by atoms with Crippen molar-refractivity contribution in [3.05, 3.63) is 44.1 Å². The summed E-state index contributed by atoms with van der Waals surface area (Å²) in [6.45, 7) is 7.46. The average Bonchev–Trinajstić information content (AvgIpc) is 1.89. The maximum Gasteiger partial charge on any atom is 0.0874 e. The molecule has 0 bridgehead atoms. The Balaban J connectivity index is 3.23. The molecule has 0 aliphatic heterocycles. The van der Waals surface area contributed by atoms with Crippen LogP contribution in [0.1, 0.15) is 0 Å². The van der Waals surface area contributed by atoms with Crippen molar-refractivity contribution in [2.75, 3.05) is 6.61 Å². The third-order valence-corrected chi connectivity index (χ3v) is 0.651. The fraction of sp³-hybridized carbons (Fsp3) is 0.125. The molecule has 1 nitrogen and oxygen atoms in total. The third kappa shape index (κ3) is 7.02. The first-order valence-electron chi connectivity index (χ1n) is 2.77. The third-order valence-electron chi connectivity index (χ3n) is 0.651. The van der Waals surface area contributed by atoms with Crippen LogP contribution in [0.4, 0.5) is 0 Å². The van der Waals surface area contributed by atoms with Gasteiger partial charge in [0.25, 0.3) is 0 Å². The molecule has 0 spiro atoms. The van der Waals surface area contributed by atoms with Crippen LogP contribution in [0.3, 0.4) is 0 Å². The summed E-state index contributed by atoms with van der Waals surface area (Å²) in [5.41, 5.74) is 0. The molecule has 9 heavy (non-hydrogen) atoms. The number of hydrogen-bond donors (Lipinski definition) is 0. The van der Waals surface area contributed by atoms with Gasteiger partial charge in [-0.3, -0.25) is 0 Å². The predicted octanol–water partition coefficient (Wildman–Crippen LogP) is 2.09. The number of hydrogen-bond acceptors (Lipinski definition) is 1. The second-order valence-electron chi connectivity index (χ2n) is 1.32. The van der Waals surface area contributed by atoms with Crippen molar-refractivity contribution >= 4 is 0 Å². The molecule has 0 aliphatic rings. The van der Waals surface area contributed by atoms with E-state index in [4.69, 9.17) is 4.74 Å². The number of allylic oxidation sites excluding steroid dienone is 4. The topological polar surface area (TPSA) is 9.23 Å². The Hall–Kier alpha value is -0.980. The van der Waals surface area contributed by atoms with Crippen molar-refractivity contribution in [1.29, 1.82) is 0 Å². The summed E-state index contributed by atoms with van der Waals surface area (Å²) < 4.78 is 4.80. The normalized spacial score (nSPS) is 10.8. The summed E-state index contributed by atoms with van der Waals surface area (Å²) in [7, 11) is 0. The second kappa shape index (κ2) is 7.02. The molecular weight excluding hydrogens is 112 g/mol. The van der Waals surface area contributed by atoms with Gasteiger partial charge in [-0.05, 0) is 13.0 Å². The molecule has 0 aliphatic carbocycles. The highest BCUT2D eigenvalue weighted by Gasteiger charge is 1.64. The van der Waals surface area contributed by atoms with Crippen LogP contribution in [0.5, 0.6) is 0 Å². The molecule has 0 amide bonds. The van der Waals surface area contributed by atoms with E-state index >= 15 is 0 Å². The Morgan fingerprint density at radius 2 is 2.00 bits per heavy atom. The van der Waals surface area contributed by atoms with Gasteiger partial charge in [0.1, 0.15) is 0 Å². The first-order chi connectivity index (χ1) is 4.41. The van der Waals surface area contributed by atoms with E-state index in [9.17, 15) is 0 Å². The van der Waals surface area contributed by atoms with Crippen LogP contribution in [0, 0.1) is 6.92 Å². The van der Waals surface area contributed by atoms with Gasteiger partial charge in [0, 0.05) is 0 Å². The molecule has 0 N–H and O–H groups in total. The van der Waals surface area contributed by atoms with Crippen LogP contribution in [0.15, 0.2) is 37.1 Å². The molecule has 49 valence electrons. The van der Waals surface area contributed by atoms with E-state index in [1.54, 1.807) is 18.4 Å². The SMILES string of the molecule is [CH2]COC=CC=CC=C. The van der Waals surface area contributed by atoms with E-state index < -0.39 is 0 Å². The predicted molar refractivity (Wildman–Crippen MR) is 39.8 cm³/mol. The largest absolute Gasteiger partial charge is 0.501 e. The van der Waals surface area contributed by atoms with Crippen molar-refractivity contribution in [3.63, 3.8) is 0 Å². The second-order valence-corrected chi connectivity index (χ2v) is 1.32. The highest BCUT2D eigenvalue weighted by Crippen LogP contribution is 1.79. The fourth-order valence-corrected chi connectivity index (χ4v) is 0.312. The van der Waals surface area contributed by atoms with Crippen LogP contribution in [0.25, 0.3) is 0 Å². The quantitative estimate of drug-likeness (QED) is 0.411. The molecular formula is C8H11O. The van der Waals surface area contributed by atoms with Gasteiger partial charge in [-0.15, -0.1) is 0 Å². The summed E-state index contributed by atoms with van der Waals surface area (Å²) in [4.78, 5) is 0. The maximum atomic E-state index is 4.80. The molecule has 0 aromatic rings. The van der Waals surface area contributed by atoms with Gasteiger partial charge in [0.05, 0.1) is 12.9 Å². The number of ether oxygens (including phenoxy) is 1. The lowest BCUT2D eigenvalue weighted by Crippen LogP contribution is -1.74. The van der Waals surface area contributed by atoms with Crippen LogP contribution in [-0.4, -0.2) is 6.61 Å². The van der Waals surface area contributed by atoms with Gasteiger partial charge in [-0.25, -0.2) is 0 Å². The Morgan fingerprint density at radius 3 is 2.56 bits per heavy atom. The summed E-state index contributed by atoms with van der Waals surface area (Å²) >= 11 is 0. The fourth-order valence-electron chi connectivity index (χ4n) is 0.312. The summed E-state index contributed by atoms with van der Waals surface area (Å²) in [5.74, 6) is 0. The molecule has 0 aromatic heterocycles. The van der Waals surface area contributed by atoms with Crippen LogP contribution >= 0.6 is 0 Å². The van der Waals surface area contributed by atoms with Crippen molar-refractivity contribution in [2.45, 2.75) is 0 Å². The van der Waals surface area contributed by atoms with Crippen molar-refractivity contribution in [1.82, 2.24) is 0 Å². The van der Waals surface area contributed by atoms with E-state index in [0.29, 0.717) is 6.61 Å². The first kappa shape index (κ1) is 8.02. The van der Waals surface area contributed by atoms with Gasteiger partial charge in [-0.2, -0.15) is 0 Å². The smallest absolute Gasteiger partial charge is 0.0874 e. The molecule has 0 unspecified atom stereocenters. The van der Waals surface area contributed by atoms with E-state index in [2.05, 4.69) is 13.5 Å². The summed E-state index contributed by atoms with van der Waals surface area (Å²) in [6.07, 6.45) is 8.74. The van der Waals surface area contributed by atoms with Crippen LogP contribution in [0.2, 0.25) is 0 Å².